The lowest BCUT2D eigenvalue weighted by Crippen LogP contribution is -2.39. The molecule has 0 spiro atoms. The Kier molecular flexibility index (Phi) is 4.66. The number of aromatic hydroxyl groups is 1. The highest BCUT2D eigenvalue weighted by molar-refractivity contribution is 5.54. The van der Waals surface area contributed by atoms with Crippen molar-refractivity contribution >= 4 is 0 Å². The van der Waals surface area contributed by atoms with Gasteiger partial charge in [0.25, 0.3) is 0 Å². The van der Waals surface area contributed by atoms with Crippen LogP contribution in [-0.2, 0) is 10.6 Å². The lowest BCUT2D eigenvalue weighted by molar-refractivity contribution is -0.238. The molecule has 1 unspecified atom stereocenters. The quantitative estimate of drug-likeness (QED) is 0.728. The van der Waals surface area contributed by atoms with Gasteiger partial charge >= 0.3 is 0 Å². The zero-order chi connectivity index (χ0) is 19.3. The van der Waals surface area contributed by atoms with E-state index >= 15 is 0 Å². The molecule has 2 aromatic carbocycles. The summed E-state index contributed by atoms with van der Waals surface area (Å²) in [6, 6.07) is 12.4. The topological polar surface area (TPSA) is 43.4 Å². The average molecular weight is 352 g/mol. The summed E-state index contributed by atoms with van der Waals surface area (Å²) in [5, 5.41) is 24.2. The fraction of sp³-hybridized carbons (Fsp3) is 0.478. The minimum atomic E-state index is -0.436. The van der Waals surface area contributed by atoms with Gasteiger partial charge in [0.15, 0.2) is 0 Å². The van der Waals surface area contributed by atoms with Crippen molar-refractivity contribution in [2.24, 2.45) is 0 Å². The summed E-state index contributed by atoms with van der Waals surface area (Å²) in [5.74, 6) is 0.379. The molecule has 1 aliphatic rings. The molecule has 0 amide bonds. The second-order valence-electron chi connectivity index (χ2n) is 8.80. The van der Waals surface area contributed by atoms with Crippen molar-refractivity contribution in [1.29, 1.82) is 0 Å². The van der Waals surface area contributed by atoms with Gasteiger partial charge in [-0.25, -0.2) is 0 Å². The Morgan fingerprint density at radius 1 is 1.08 bits per heavy atom. The van der Waals surface area contributed by atoms with Crippen molar-refractivity contribution < 1.29 is 10.3 Å². The normalized spacial score (nSPS) is 17.4. The van der Waals surface area contributed by atoms with Crippen LogP contribution in [-0.4, -0.2) is 15.7 Å². The van der Waals surface area contributed by atoms with E-state index in [0.29, 0.717) is 5.75 Å². The molecule has 1 N–H and O–H groups in total. The summed E-state index contributed by atoms with van der Waals surface area (Å²) in [6.45, 7) is 11.8. The third-order valence-corrected chi connectivity index (χ3v) is 5.73. The van der Waals surface area contributed by atoms with Crippen LogP contribution in [0, 0.1) is 13.8 Å². The molecule has 1 atom stereocenters. The van der Waals surface area contributed by atoms with Gasteiger partial charge in [-0.15, -0.1) is 10.3 Å². The molecule has 1 fully saturated rings. The van der Waals surface area contributed by atoms with Crippen molar-refractivity contribution in [2.75, 3.05) is 0 Å². The maximum Gasteiger partial charge on any atom is 0.121 e. The molecule has 3 heteroatoms. The van der Waals surface area contributed by atoms with Crippen molar-refractivity contribution in [1.82, 2.24) is 5.06 Å². The molecule has 3 nitrogen and oxygen atoms in total. The molecule has 3 rings (SSSR count). The Balaban J connectivity index is 2.08. The second-order valence-corrected chi connectivity index (χ2v) is 8.80. The molecule has 1 aliphatic carbocycles. The summed E-state index contributed by atoms with van der Waals surface area (Å²) in [5.41, 5.74) is 4.97. The van der Waals surface area contributed by atoms with Crippen molar-refractivity contribution in [3.05, 3.63) is 64.2 Å². The monoisotopic (exact) mass is 352 g/mol. The van der Waals surface area contributed by atoms with E-state index in [1.54, 1.807) is 0 Å². The van der Waals surface area contributed by atoms with Crippen LogP contribution in [0.3, 0.4) is 0 Å². The number of benzene rings is 2. The zero-order valence-electron chi connectivity index (χ0n) is 16.8. The first-order valence-electron chi connectivity index (χ1n) is 9.44. The van der Waals surface area contributed by atoms with Crippen molar-refractivity contribution in [3.8, 4) is 5.75 Å². The minimum absolute atomic E-state index is 0.0349. The third-order valence-electron chi connectivity index (χ3n) is 5.73. The third kappa shape index (κ3) is 3.15. The van der Waals surface area contributed by atoms with Crippen LogP contribution < -0.4 is 0 Å². The summed E-state index contributed by atoms with van der Waals surface area (Å²) in [4.78, 5) is 0. The fourth-order valence-corrected chi connectivity index (χ4v) is 4.08. The van der Waals surface area contributed by atoms with Crippen LogP contribution in [0.1, 0.15) is 74.4 Å². The second kappa shape index (κ2) is 6.40. The van der Waals surface area contributed by atoms with Crippen LogP contribution in [0.5, 0.6) is 5.75 Å². The van der Waals surface area contributed by atoms with E-state index < -0.39 is 5.54 Å². The molecule has 0 heterocycles. The Morgan fingerprint density at radius 3 is 2.12 bits per heavy atom. The summed E-state index contributed by atoms with van der Waals surface area (Å²) in [7, 11) is 0. The number of phenolic OH excluding ortho intramolecular Hbond substituents is 1. The van der Waals surface area contributed by atoms with Gasteiger partial charge in [-0.1, -0.05) is 36.4 Å². The number of phenols is 1. The molecule has 1 saturated carbocycles. The number of aryl methyl sites for hydroxylation is 2. The standard InChI is InChI=1S/C23H30NO2/c1-15-13-18(14-16(2)21(15)25)23(11-12-23)20-10-8-7-9-19(20)17(3)24(26)22(4,5)6/h7-10,13-14,17,25H,11-12H2,1-6H3. The van der Waals surface area contributed by atoms with E-state index in [2.05, 4.69) is 30.3 Å². The largest absolute Gasteiger partial charge is 0.507 e. The average Bonchev–Trinajstić information content (AvgIpc) is 3.39. The fourth-order valence-electron chi connectivity index (χ4n) is 4.08. The maximum atomic E-state index is 12.8. The van der Waals surface area contributed by atoms with Gasteiger partial charge in [-0.3, -0.25) is 0 Å². The molecule has 26 heavy (non-hydrogen) atoms. The van der Waals surface area contributed by atoms with Gasteiger partial charge in [-0.05, 0) is 82.2 Å². The molecular formula is C23H30NO2. The number of hydrogen-bond acceptors (Lipinski definition) is 2. The predicted octanol–water partition coefficient (Wildman–Crippen LogP) is 5.60. The highest BCUT2D eigenvalue weighted by Crippen LogP contribution is 2.56. The van der Waals surface area contributed by atoms with Crippen LogP contribution in [0.2, 0.25) is 0 Å². The molecule has 0 saturated heterocycles. The molecular weight excluding hydrogens is 322 g/mol. The van der Waals surface area contributed by atoms with Gasteiger partial charge in [0.05, 0.1) is 6.04 Å². The molecule has 0 aromatic heterocycles. The van der Waals surface area contributed by atoms with Gasteiger partial charge < -0.3 is 5.11 Å². The Morgan fingerprint density at radius 2 is 1.62 bits per heavy atom. The van der Waals surface area contributed by atoms with Crippen LogP contribution in [0.15, 0.2) is 36.4 Å². The van der Waals surface area contributed by atoms with E-state index in [0.717, 1.165) is 29.5 Å². The van der Waals surface area contributed by atoms with E-state index in [-0.39, 0.29) is 11.5 Å². The molecule has 139 valence electrons. The van der Waals surface area contributed by atoms with Gasteiger partial charge in [-0.2, -0.15) is 0 Å². The predicted molar refractivity (Wildman–Crippen MR) is 105 cm³/mol. The first-order chi connectivity index (χ1) is 12.1. The van der Waals surface area contributed by atoms with Crippen LogP contribution in [0.4, 0.5) is 0 Å². The van der Waals surface area contributed by atoms with Gasteiger partial charge in [0, 0.05) is 11.0 Å². The summed E-state index contributed by atoms with van der Waals surface area (Å²) >= 11 is 0. The Hall–Kier alpha value is -1.84. The number of rotatable bonds is 4. The summed E-state index contributed by atoms with van der Waals surface area (Å²) < 4.78 is 0. The first-order valence-corrected chi connectivity index (χ1v) is 9.44. The molecule has 2 aromatic rings. The molecule has 0 aliphatic heterocycles. The minimum Gasteiger partial charge on any atom is -0.507 e. The molecule has 0 bridgehead atoms. The smallest absolute Gasteiger partial charge is 0.121 e. The van der Waals surface area contributed by atoms with E-state index in [9.17, 15) is 10.3 Å². The highest BCUT2D eigenvalue weighted by Gasteiger charge is 2.48. The van der Waals surface area contributed by atoms with Crippen molar-refractivity contribution in [3.63, 3.8) is 0 Å². The van der Waals surface area contributed by atoms with E-state index in [4.69, 9.17) is 0 Å². The highest BCUT2D eigenvalue weighted by atomic mass is 16.5. The maximum absolute atomic E-state index is 12.8. The number of hydrogen-bond donors (Lipinski definition) is 1. The van der Waals surface area contributed by atoms with E-state index in [1.165, 1.54) is 16.2 Å². The lowest BCUT2D eigenvalue weighted by atomic mass is 9.81. The SMILES string of the molecule is Cc1cc(C2(c3ccccc3C(C)N([O])C(C)(C)C)CC2)cc(C)c1O. The van der Waals surface area contributed by atoms with Crippen LogP contribution >= 0.6 is 0 Å². The van der Waals surface area contributed by atoms with Crippen molar-refractivity contribution in [2.45, 2.75) is 71.4 Å². The number of hydroxylamine groups is 2. The Labute approximate surface area is 157 Å². The Bertz CT molecular complexity index is 792. The summed E-state index contributed by atoms with van der Waals surface area (Å²) in [6.07, 6.45) is 2.16. The van der Waals surface area contributed by atoms with Gasteiger partial charge in [0.2, 0.25) is 0 Å². The molecule has 1 radical (unpaired) electrons. The first kappa shape index (κ1) is 18.9. The van der Waals surface area contributed by atoms with E-state index in [1.807, 2.05) is 47.6 Å². The zero-order valence-corrected chi connectivity index (χ0v) is 16.8. The van der Waals surface area contributed by atoms with Gasteiger partial charge in [0.1, 0.15) is 5.75 Å². The lowest BCUT2D eigenvalue weighted by Gasteiger charge is -2.34. The number of nitrogens with zero attached hydrogens (tertiary/aromatic N) is 1. The van der Waals surface area contributed by atoms with Crippen LogP contribution in [0.25, 0.3) is 0 Å².